The third-order valence-electron chi connectivity index (χ3n) is 9.42. The summed E-state index contributed by atoms with van der Waals surface area (Å²) in [6.45, 7) is 3.45. The van der Waals surface area contributed by atoms with E-state index in [4.69, 9.17) is 13.8 Å². The summed E-state index contributed by atoms with van der Waals surface area (Å²) < 4.78 is 26.9. The zero-order chi connectivity index (χ0) is 41.8. The molecule has 0 aromatic heterocycles. The fourth-order valence-corrected chi connectivity index (χ4v) is 6.71. The number of hydrogen-bond donors (Lipinski definition) is 3. The Hall–Kier alpha value is -2.29. The summed E-state index contributed by atoms with van der Waals surface area (Å²) in [5.74, 6) is -0.577. The van der Waals surface area contributed by atoms with Crippen LogP contribution in [0.5, 0.6) is 0 Å². The Morgan fingerprint density at radius 3 is 1.51 bits per heavy atom. The Morgan fingerprint density at radius 1 is 0.544 bits per heavy atom. The molecule has 0 fully saturated rings. The largest absolute Gasteiger partial charge is 0.472 e. The van der Waals surface area contributed by atoms with Crippen LogP contribution >= 0.6 is 7.82 Å². The molecule has 57 heavy (non-hydrogen) atoms. The summed E-state index contributed by atoms with van der Waals surface area (Å²) in [4.78, 5) is 33.9. The highest BCUT2D eigenvalue weighted by Gasteiger charge is 2.23. The number of hydrogen-bond acceptors (Lipinski definition) is 7. The van der Waals surface area contributed by atoms with Gasteiger partial charge in [-0.2, -0.15) is 0 Å². The van der Waals surface area contributed by atoms with Gasteiger partial charge in [-0.15, -0.1) is 0 Å². The number of allylic oxidation sites excluding steroid dienone is 10. The molecule has 2 unspecified atom stereocenters. The molecule has 0 aliphatic carbocycles. The molecule has 0 aromatic carbocycles. The van der Waals surface area contributed by atoms with E-state index in [0.29, 0.717) is 12.8 Å². The normalized spacial score (nSPS) is 13.8. The molecule has 0 rings (SSSR count). The van der Waals surface area contributed by atoms with Gasteiger partial charge in [0.2, 0.25) is 5.91 Å². The van der Waals surface area contributed by atoms with E-state index in [1.807, 2.05) is 0 Å². The highest BCUT2D eigenvalue weighted by atomic mass is 31.2. The Kier molecular flexibility index (Phi) is 41.6. The Bertz CT molecular complexity index is 1120. The summed E-state index contributed by atoms with van der Waals surface area (Å²) in [5.41, 5.74) is 0. The maximum atomic E-state index is 12.1. The molecule has 3 N–H and O–H groups in total. The maximum absolute atomic E-state index is 12.1. The van der Waals surface area contributed by atoms with Gasteiger partial charge in [0.05, 0.1) is 13.2 Å². The molecule has 9 nitrogen and oxygen atoms in total. The predicted octanol–water partition coefficient (Wildman–Crippen LogP) is 12.9. The van der Waals surface area contributed by atoms with Gasteiger partial charge >= 0.3 is 13.8 Å². The van der Waals surface area contributed by atoms with Gasteiger partial charge < -0.3 is 20.1 Å². The Labute approximate surface area is 348 Å². The average molecular weight is 822 g/mol. The number of nitrogens with one attached hydrogen (secondary N) is 1. The number of phosphoric acid groups is 1. The molecule has 0 saturated carbocycles. The summed E-state index contributed by atoms with van der Waals surface area (Å²) in [6, 6.07) is 0. The second-order valence-electron chi connectivity index (χ2n) is 15.0. The van der Waals surface area contributed by atoms with Crippen LogP contribution in [0, 0.1) is 0 Å². The predicted molar refractivity (Wildman–Crippen MR) is 238 cm³/mol. The first-order valence-corrected chi connectivity index (χ1v) is 24.3. The second kappa shape index (κ2) is 43.3. The average Bonchev–Trinajstić information content (AvgIpc) is 3.20. The minimum absolute atomic E-state index is 0.0503. The number of carbonyl (C=O) groups is 2. The van der Waals surface area contributed by atoms with Crippen LogP contribution in [0.25, 0.3) is 0 Å². The molecule has 0 heterocycles. The zero-order valence-corrected chi connectivity index (χ0v) is 37.2. The molecule has 0 spiro atoms. The van der Waals surface area contributed by atoms with Gasteiger partial charge in [0.1, 0.15) is 12.7 Å². The monoisotopic (exact) mass is 822 g/mol. The molecular weight excluding hydrogens is 737 g/mol. The fourth-order valence-electron chi connectivity index (χ4n) is 5.96. The minimum atomic E-state index is -4.44. The molecule has 0 bridgehead atoms. The van der Waals surface area contributed by atoms with E-state index in [9.17, 15) is 24.2 Å². The first-order valence-electron chi connectivity index (χ1n) is 22.8. The van der Waals surface area contributed by atoms with Crippen molar-refractivity contribution >= 4 is 19.7 Å². The van der Waals surface area contributed by atoms with Crippen LogP contribution in [0.4, 0.5) is 0 Å². The van der Waals surface area contributed by atoms with Gasteiger partial charge in [-0.25, -0.2) is 4.57 Å². The molecule has 0 aliphatic heterocycles. The van der Waals surface area contributed by atoms with E-state index in [1.165, 1.54) is 116 Å². The molecule has 0 radical (unpaired) electrons. The van der Waals surface area contributed by atoms with Crippen LogP contribution in [0.2, 0.25) is 0 Å². The van der Waals surface area contributed by atoms with Crippen LogP contribution in [0.1, 0.15) is 194 Å². The summed E-state index contributed by atoms with van der Waals surface area (Å²) >= 11 is 0. The third-order valence-corrected chi connectivity index (χ3v) is 10.4. The van der Waals surface area contributed by atoms with Gasteiger partial charge in [-0.05, 0) is 77.0 Å². The highest BCUT2D eigenvalue weighted by Crippen LogP contribution is 2.42. The number of unbranched alkanes of at least 4 members (excludes halogenated alkanes) is 19. The lowest BCUT2D eigenvalue weighted by Crippen LogP contribution is -2.27. The SMILES string of the molecule is CCCCC/C=C\C/C=C\C/C=C\C/C=C\CCCC(=O)NCCOP(=O)(O)OCC(O)COC(=O)CCCCCCCCCCC/C=C/CCCCCCCC. The Balaban J connectivity index is 3.66. The van der Waals surface area contributed by atoms with E-state index in [-0.39, 0.29) is 32.1 Å². The van der Waals surface area contributed by atoms with Gasteiger partial charge in [-0.3, -0.25) is 18.6 Å². The van der Waals surface area contributed by atoms with Gasteiger partial charge in [0.25, 0.3) is 0 Å². The van der Waals surface area contributed by atoms with Crippen molar-refractivity contribution < 1.29 is 37.9 Å². The number of carbonyl (C=O) groups excluding carboxylic acids is 2. The number of phosphoric ester groups is 1. The molecule has 2 atom stereocenters. The number of aliphatic hydroxyl groups excluding tert-OH is 1. The van der Waals surface area contributed by atoms with E-state index in [1.54, 1.807) is 0 Å². The van der Waals surface area contributed by atoms with Crippen molar-refractivity contribution in [1.82, 2.24) is 5.32 Å². The van der Waals surface area contributed by atoms with Crippen molar-refractivity contribution in [2.45, 2.75) is 200 Å². The van der Waals surface area contributed by atoms with Crippen molar-refractivity contribution in [1.29, 1.82) is 0 Å². The van der Waals surface area contributed by atoms with E-state index >= 15 is 0 Å². The topological polar surface area (TPSA) is 131 Å². The van der Waals surface area contributed by atoms with Crippen LogP contribution in [0.15, 0.2) is 60.8 Å². The third kappa shape index (κ3) is 44.7. The second-order valence-corrected chi connectivity index (χ2v) is 16.5. The number of rotatable bonds is 42. The maximum Gasteiger partial charge on any atom is 0.472 e. The Morgan fingerprint density at radius 2 is 0.965 bits per heavy atom. The van der Waals surface area contributed by atoms with E-state index in [0.717, 1.165) is 44.9 Å². The van der Waals surface area contributed by atoms with Crippen molar-refractivity contribution in [3.8, 4) is 0 Å². The number of aliphatic hydroxyl groups is 1. The summed E-state index contributed by atoms with van der Waals surface area (Å²) in [7, 11) is -4.44. The molecule has 0 saturated heterocycles. The lowest BCUT2D eigenvalue weighted by atomic mass is 10.1. The van der Waals surface area contributed by atoms with Crippen LogP contribution in [0.3, 0.4) is 0 Å². The van der Waals surface area contributed by atoms with Crippen molar-refractivity contribution in [2.75, 3.05) is 26.4 Å². The molecule has 0 aliphatic rings. The molecular formula is C47H84NO8P. The first-order chi connectivity index (χ1) is 27.8. The number of esters is 1. The van der Waals surface area contributed by atoms with Crippen LogP contribution in [-0.4, -0.2) is 54.3 Å². The number of ether oxygens (including phenoxy) is 1. The van der Waals surface area contributed by atoms with Gasteiger partial charge in [-0.1, -0.05) is 164 Å². The molecule has 1 amide bonds. The smallest absolute Gasteiger partial charge is 0.463 e. The first kappa shape index (κ1) is 54.7. The van der Waals surface area contributed by atoms with Crippen molar-refractivity contribution in [3.63, 3.8) is 0 Å². The number of amides is 1. The van der Waals surface area contributed by atoms with Crippen molar-refractivity contribution in [3.05, 3.63) is 60.8 Å². The molecule has 330 valence electrons. The quantitative estimate of drug-likeness (QED) is 0.0240. The summed E-state index contributed by atoms with van der Waals surface area (Å²) in [5, 5.41) is 12.7. The minimum Gasteiger partial charge on any atom is -0.463 e. The standard InChI is InChI=1S/C47H84NO8P/c1-3-5-7-9-11-13-15-17-19-21-22-24-26-28-30-32-34-36-38-40-47(51)54-43-45(49)44-56-57(52,53)55-42-41-48-46(50)39-37-35-33-31-29-27-25-23-20-18-16-14-12-10-8-6-4-2/h12,14,17-20,25,27,31,33,45,49H,3-11,13,15-16,21-24,26,28-30,32,34-44H2,1-2H3,(H,48,50)(H,52,53)/b14-12-,19-17+,20-18-,27-25-,33-31-. The van der Waals surface area contributed by atoms with Gasteiger partial charge in [0.15, 0.2) is 0 Å². The lowest BCUT2D eigenvalue weighted by molar-refractivity contribution is -0.147. The van der Waals surface area contributed by atoms with E-state index in [2.05, 4.69) is 79.9 Å². The fraction of sp³-hybridized carbons (Fsp3) is 0.745. The van der Waals surface area contributed by atoms with Gasteiger partial charge in [0, 0.05) is 19.4 Å². The summed E-state index contributed by atoms with van der Waals surface area (Å²) in [6.07, 6.45) is 51.6. The highest BCUT2D eigenvalue weighted by molar-refractivity contribution is 7.47. The zero-order valence-electron chi connectivity index (χ0n) is 36.3. The molecule has 10 heteroatoms. The van der Waals surface area contributed by atoms with Crippen LogP contribution < -0.4 is 5.32 Å². The van der Waals surface area contributed by atoms with E-state index < -0.39 is 26.5 Å². The van der Waals surface area contributed by atoms with Crippen molar-refractivity contribution in [2.24, 2.45) is 0 Å². The lowest BCUT2D eigenvalue weighted by Gasteiger charge is -2.15. The van der Waals surface area contributed by atoms with Crippen LogP contribution in [-0.2, 0) is 27.9 Å². The molecule has 0 aromatic rings.